The monoisotopic (exact) mass is 426 g/mol. The molecule has 0 N–H and O–H groups in total. The molecule has 0 saturated carbocycles. The first-order valence-electron chi connectivity index (χ1n) is 11.2. The van der Waals surface area contributed by atoms with Gasteiger partial charge in [-0.3, -0.25) is 4.79 Å². The number of fused-ring (bicyclic) bond motifs is 1. The van der Waals surface area contributed by atoms with Crippen molar-refractivity contribution >= 4 is 11.6 Å². The summed E-state index contributed by atoms with van der Waals surface area (Å²) in [5.74, 6) is 0.810. The van der Waals surface area contributed by atoms with Gasteiger partial charge in [0.2, 0.25) is 0 Å². The summed E-state index contributed by atoms with van der Waals surface area (Å²) in [6.07, 6.45) is 8.11. The Morgan fingerprint density at radius 2 is 1.66 bits per heavy atom. The number of likely N-dealkylation sites (tertiary alicyclic amines) is 1. The molecule has 0 atom stereocenters. The van der Waals surface area contributed by atoms with Crippen LogP contribution in [0.3, 0.4) is 0 Å². The van der Waals surface area contributed by atoms with Crippen LogP contribution in [0, 0.1) is 0 Å². The number of carbonyl (C=O) groups is 1. The number of benzene rings is 2. The molecule has 0 aliphatic carbocycles. The molecule has 6 heteroatoms. The zero-order chi connectivity index (χ0) is 21.8. The first kappa shape index (κ1) is 20.2. The average molecular weight is 427 g/mol. The normalized spacial score (nSPS) is 14.3. The van der Waals surface area contributed by atoms with E-state index in [1.165, 1.54) is 12.8 Å². The molecule has 0 radical (unpaired) electrons. The van der Waals surface area contributed by atoms with Crippen LogP contribution in [0.1, 0.15) is 41.7 Å². The molecule has 3 heterocycles. The number of nitrogens with zero attached hydrogens (tertiary/aromatic N) is 4. The third kappa shape index (κ3) is 4.35. The van der Waals surface area contributed by atoms with Gasteiger partial charge in [0.05, 0.1) is 6.20 Å². The maximum absolute atomic E-state index is 13.0. The predicted molar refractivity (Wildman–Crippen MR) is 124 cm³/mol. The lowest BCUT2D eigenvalue weighted by molar-refractivity contribution is 0.0756. The van der Waals surface area contributed by atoms with Gasteiger partial charge in [0.1, 0.15) is 18.1 Å². The van der Waals surface area contributed by atoms with Crippen molar-refractivity contribution in [2.75, 3.05) is 13.1 Å². The number of hydrogen-bond donors (Lipinski definition) is 0. The molecule has 4 aromatic rings. The van der Waals surface area contributed by atoms with Crippen LogP contribution in [-0.4, -0.2) is 38.5 Å². The van der Waals surface area contributed by atoms with E-state index in [2.05, 4.69) is 5.10 Å². The first-order valence-corrected chi connectivity index (χ1v) is 11.2. The topological polar surface area (TPSA) is 59.7 Å². The Balaban J connectivity index is 1.35. The summed E-state index contributed by atoms with van der Waals surface area (Å²) < 4.78 is 7.61. The van der Waals surface area contributed by atoms with Crippen LogP contribution in [0.25, 0.3) is 16.8 Å². The number of amides is 1. The van der Waals surface area contributed by atoms with Crippen molar-refractivity contribution in [2.45, 2.75) is 32.3 Å². The molecule has 5 rings (SSSR count). The second kappa shape index (κ2) is 9.22. The van der Waals surface area contributed by atoms with Crippen LogP contribution in [0.15, 0.2) is 73.1 Å². The van der Waals surface area contributed by atoms with Crippen molar-refractivity contribution in [1.82, 2.24) is 19.5 Å². The van der Waals surface area contributed by atoms with Gasteiger partial charge in [0, 0.05) is 24.8 Å². The third-order valence-corrected chi connectivity index (χ3v) is 5.90. The van der Waals surface area contributed by atoms with Crippen LogP contribution >= 0.6 is 0 Å². The zero-order valence-electron chi connectivity index (χ0n) is 18.0. The highest BCUT2D eigenvalue weighted by atomic mass is 16.5. The summed E-state index contributed by atoms with van der Waals surface area (Å²) in [7, 11) is 0. The molecule has 1 aliphatic heterocycles. The summed E-state index contributed by atoms with van der Waals surface area (Å²) in [6, 6.07) is 19.8. The summed E-state index contributed by atoms with van der Waals surface area (Å²) in [6.45, 7) is 2.14. The van der Waals surface area contributed by atoms with Gasteiger partial charge in [-0.05, 0) is 42.2 Å². The smallest absolute Gasteiger partial charge is 0.272 e. The van der Waals surface area contributed by atoms with E-state index in [-0.39, 0.29) is 5.91 Å². The second-order valence-corrected chi connectivity index (χ2v) is 8.14. The minimum Gasteiger partial charge on any atom is -0.489 e. The van der Waals surface area contributed by atoms with E-state index in [4.69, 9.17) is 9.72 Å². The van der Waals surface area contributed by atoms with E-state index in [1.807, 2.05) is 65.7 Å². The van der Waals surface area contributed by atoms with Crippen LogP contribution in [0.4, 0.5) is 0 Å². The van der Waals surface area contributed by atoms with Crippen molar-refractivity contribution in [3.05, 3.63) is 84.3 Å². The second-order valence-electron chi connectivity index (χ2n) is 8.14. The molecule has 1 fully saturated rings. The summed E-state index contributed by atoms with van der Waals surface area (Å²) in [5, 5.41) is 4.42. The summed E-state index contributed by atoms with van der Waals surface area (Å²) >= 11 is 0. The maximum Gasteiger partial charge on any atom is 0.272 e. The number of ether oxygens (including phenoxy) is 1. The fourth-order valence-corrected chi connectivity index (χ4v) is 4.10. The third-order valence-electron chi connectivity index (χ3n) is 5.90. The number of hydrogen-bond acceptors (Lipinski definition) is 4. The standard InChI is InChI=1S/C26H26N4O2/c31-26(29-15-6-1-2-7-16-29)24-14-17-30-25(28-24)23(18-27-30)21-10-12-22(13-11-21)32-19-20-8-4-3-5-9-20/h3-5,8-14,17-18H,1-2,6-7,15-16,19H2. The molecule has 0 spiro atoms. The number of aromatic nitrogens is 3. The lowest BCUT2D eigenvalue weighted by atomic mass is 10.1. The molecular weight excluding hydrogens is 400 g/mol. The van der Waals surface area contributed by atoms with Crippen LogP contribution in [0.2, 0.25) is 0 Å². The van der Waals surface area contributed by atoms with Gasteiger partial charge in [0.25, 0.3) is 5.91 Å². The first-order chi connectivity index (χ1) is 15.8. The van der Waals surface area contributed by atoms with Crippen LogP contribution in [-0.2, 0) is 6.61 Å². The maximum atomic E-state index is 13.0. The minimum atomic E-state index is 0.00575. The van der Waals surface area contributed by atoms with Gasteiger partial charge in [-0.2, -0.15) is 5.10 Å². The molecule has 1 amide bonds. The molecule has 0 bridgehead atoms. The number of carbonyl (C=O) groups excluding carboxylic acids is 1. The molecule has 2 aromatic carbocycles. The Morgan fingerprint density at radius 3 is 2.41 bits per heavy atom. The van der Waals surface area contributed by atoms with E-state index < -0.39 is 0 Å². The Bertz CT molecular complexity index is 1190. The van der Waals surface area contributed by atoms with Crippen LogP contribution < -0.4 is 4.74 Å². The fraction of sp³-hybridized carbons (Fsp3) is 0.269. The largest absolute Gasteiger partial charge is 0.489 e. The van der Waals surface area contributed by atoms with E-state index in [0.29, 0.717) is 17.9 Å². The van der Waals surface area contributed by atoms with Gasteiger partial charge in [-0.1, -0.05) is 55.3 Å². The van der Waals surface area contributed by atoms with E-state index in [9.17, 15) is 4.79 Å². The fourth-order valence-electron chi connectivity index (χ4n) is 4.10. The Hall–Kier alpha value is -3.67. The quantitative estimate of drug-likeness (QED) is 0.451. The molecule has 6 nitrogen and oxygen atoms in total. The number of rotatable bonds is 5. The van der Waals surface area contributed by atoms with Gasteiger partial charge in [-0.25, -0.2) is 9.50 Å². The summed E-state index contributed by atoms with van der Waals surface area (Å²) in [4.78, 5) is 19.6. The van der Waals surface area contributed by atoms with Crippen molar-refractivity contribution in [2.24, 2.45) is 0 Å². The summed E-state index contributed by atoms with van der Waals surface area (Å²) in [5.41, 5.74) is 4.17. The Morgan fingerprint density at radius 1 is 0.906 bits per heavy atom. The molecule has 32 heavy (non-hydrogen) atoms. The van der Waals surface area contributed by atoms with Gasteiger partial charge in [0.15, 0.2) is 5.65 Å². The molecule has 1 saturated heterocycles. The van der Waals surface area contributed by atoms with Crippen LogP contribution in [0.5, 0.6) is 5.75 Å². The zero-order valence-corrected chi connectivity index (χ0v) is 18.0. The lowest BCUT2D eigenvalue weighted by Gasteiger charge is -2.19. The Kier molecular flexibility index (Phi) is 5.83. The molecular formula is C26H26N4O2. The van der Waals surface area contributed by atoms with Crippen molar-refractivity contribution in [1.29, 1.82) is 0 Å². The van der Waals surface area contributed by atoms with E-state index in [0.717, 1.165) is 48.4 Å². The SMILES string of the molecule is O=C(c1ccn2ncc(-c3ccc(OCc4ccccc4)cc3)c2n1)N1CCCCCC1. The molecule has 0 unspecified atom stereocenters. The molecule has 1 aliphatic rings. The van der Waals surface area contributed by atoms with Gasteiger partial charge in [-0.15, -0.1) is 0 Å². The lowest BCUT2D eigenvalue weighted by Crippen LogP contribution is -2.32. The van der Waals surface area contributed by atoms with E-state index in [1.54, 1.807) is 16.8 Å². The van der Waals surface area contributed by atoms with Gasteiger partial charge < -0.3 is 9.64 Å². The highest BCUT2D eigenvalue weighted by molar-refractivity contribution is 5.93. The highest BCUT2D eigenvalue weighted by Gasteiger charge is 2.20. The van der Waals surface area contributed by atoms with Crippen molar-refractivity contribution < 1.29 is 9.53 Å². The molecule has 162 valence electrons. The van der Waals surface area contributed by atoms with Crippen molar-refractivity contribution in [3.8, 4) is 16.9 Å². The minimum absolute atomic E-state index is 0.00575. The Labute approximate surface area is 187 Å². The molecule has 2 aromatic heterocycles. The van der Waals surface area contributed by atoms with Gasteiger partial charge >= 0.3 is 0 Å². The average Bonchev–Trinajstić information content (AvgIpc) is 3.07. The van der Waals surface area contributed by atoms with E-state index >= 15 is 0 Å². The predicted octanol–water partition coefficient (Wildman–Crippen LogP) is 4.99. The highest BCUT2D eigenvalue weighted by Crippen LogP contribution is 2.26. The van der Waals surface area contributed by atoms with Crippen molar-refractivity contribution in [3.63, 3.8) is 0 Å².